The summed E-state index contributed by atoms with van der Waals surface area (Å²) in [6, 6.07) is 15.4. The zero-order chi connectivity index (χ0) is 16.4. The van der Waals surface area contributed by atoms with Gasteiger partial charge in [-0.05, 0) is 42.8 Å². The molecule has 1 fully saturated rings. The molecule has 0 radical (unpaired) electrons. The topological polar surface area (TPSA) is 54.5 Å². The van der Waals surface area contributed by atoms with Crippen molar-refractivity contribution in [2.24, 2.45) is 0 Å². The number of hydrogen-bond acceptors (Lipinski definition) is 3. The van der Waals surface area contributed by atoms with E-state index in [1.54, 1.807) is 53.4 Å². The van der Waals surface area contributed by atoms with Crippen LogP contribution in [-0.2, 0) is 9.84 Å². The molecule has 23 heavy (non-hydrogen) atoms. The summed E-state index contributed by atoms with van der Waals surface area (Å²) in [6.07, 6.45) is 0.448. The Bertz CT molecular complexity index is 803. The minimum absolute atomic E-state index is 0.00575. The fraction of sp³-hybridized carbons (Fsp3) is 0.235. The summed E-state index contributed by atoms with van der Waals surface area (Å²) in [6.45, 7) is 0. The Labute approximate surface area is 140 Å². The number of nitrogens with zero attached hydrogens (tertiary/aromatic N) is 1. The lowest BCUT2D eigenvalue weighted by atomic mass is 10.1. The smallest absolute Gasteiger partial charge is 0.258 e. The standard InChI is InChI=1S/C17H16ClNO3S/c18-14-6-8-15(9-7-14)19(16-10-11-23(21,22)12-16)17(20)13-4-2-1-3-5-13/h1-9,16H,10-12H2. The quantitative estimate of drug-likeness (QED) is 0.855. The normalized spacial score (nSPS) is 19.4. The minimum atomic E-state index is -3.09. The zero-order valence-corrected chi connectivity index (χ0v) is 13.9. The molecule has 3 rings (SSSR count). The third-order valence-corrected chi connectivity index (χ3v) is 5.92. The van der Waals surface area contributed by atoms with Gasteiger partial charge in [0.25, 0.3) is 5.91 Å². The summed E-state index contributed by atoms with van der Waals surface area (Å²) in [7, 11) is -3.09. The summed E-state index contributed by atoms with van der Waals surface area (Å²) in [5.74, 6) is -0.0899. The molecule has 0 spiro atoms. The van der Waals surface area contributed by atoms with Crippen molar-refractivity contribution in [1.82, 2.24) is 0 Å². The highest BCUT2D eigenvalue weighted by Crippen LogP contribution is 2.27. The van der Waals surface area contributed by atoms with Crippen LogP contribution in [0.3, 0.4) is 0 Å². The molecule has 6 heteroatoms. The third-order valence-electron chi connectivity index (χ3n) is 3.92. The van der Waals surface area contributed by atoms with E-state index in [9.17, 15) is 13.2 Å². The lowest BCUT2D eigenvalue weighted by Gasteiger charge is -2.28. The molecule has 0 aliphatic carbocycles. The number of hydrogen-bond donors (Lipinski definition) is 0. The molecule has 1 aliphatic heterocycles. The first kappa shape index (κ1) is 16.0. The molecule has 1 atom stereocenters. The maximum Gasteiger partial charge on any atom is 0.258 e. The van der Waals surface area contributed by atoms with Crippen LogP contribution in [0.25, 0.3) is 0 Å². The first-order valence-electron chi connectivity index (χ1n) is 7.31. The SMILES string of the molecule is O=C(c1ccccc1)N(c1ccc(Cl)cc1)C1CCS(=O)(=O)C1. The van der Waals surface area contributed by atoms with Crippen LogP contribution < -0.4 is 4.90 Å². The molecule has 1 saturated heterocycles. The average Bonchev–Trinajstić information content (AvgIpc) is 2.90. The van der Waals surface area contributed by atoms with Gasteiger partial charge in [0.1, 0.15) is 0 Å². The van der Waals surface area contributed by atoms with Gasteiger partial charge in [-0.2, -0.15) is 0 Å². The molecule has 2 aromatic carbocycles. The van der Waals surface area contributed by atoms with Crippen molar-refractivity contribution < 1.29 is 13.2 Å². The summed E-state index contributed by atoms with van der Waals surface area (Å²) >= 11 is 5.92. The van der Waals surface area contributed by atoms with Gasteiger partial charge < -0.3 is 4.90 Å². The molecule has 0 bridgehead atoms. The Kier molecular flexibility index (Phi) is 4.41. The number of amides is 1. The largest absolute Gasteiger partial charge is 0.304 e. The van der Waals surface area contributed by atoms with E-state index in [1.165, 1.54) is 0 Å². The van der Waals surface area contributed by atoms with Crippen molar-refractivity contribution in [2.45, 2.75) is 12.5 Å². The maximum atomic E-state index is 12.9. The first-order valence-corrected chi connectivity index (χ1v) is 9.51. The van der Waals surface area contributed by atoms with Crippen LogP contribution >= 0.6 is 11.6 Å². The number of halogens is 1. The van der Waals surface area contributed by atoms with E-state index in [4.69, 9.17) is 11.6 Å². The molecule has 1 unspecified atom stereocenters. The van der Waals surface area contributed by atoms with Gasteiger partial charge in [0.2, 0.25) is 0 Å². The van der Waals surface area contributed by atoms with E-state index in [0.717, 1.165) is 0 Å². The Morgan fingerprint density at radius 2 is 1.70 bits per heavy atom. The van der Waals surface area contributed by atoms with E-state index in [-0.39, 0.29) is 23.5 Å². The van der Waals surface area contributed by atoms with Crippen molar-refractivity contribution in [3.8, 4) is 0 Å². The number of rotatable bonds is 3. The van der Waals surface area contributed by atoms with E-state index in [0.29, 0.717) is 22.7 Å². The van der Waals surface area contributed by atoms with Crippen LogP contribution in [0.4, 0.5) is 5.69 Å². The van der Waals surface area contributed by atoms with Gasteiger partial charge >= 0.3 is 0 Å². The maximum absolute atomic E-state index is 12.9. The van der Waals surface area contributed by atoms with Crippen molar-refractivity contribution in [3.63, 3.8) is 0 Å². The lowest BCUT2D eigenvalue weighted by molar-refractivity contribution is 0.0979. The number of carbonyl (C=O) groups is 1. The van der Waals surface area contributed by atoms with E-state index in [1.807, 2.05) is 6.07 Å². The minimum Gasteiger partial charge on any atom is -0.304 e. The summed E-state index contributed by atoms with van der Waals surface area (Å²) in [4.78, 5) is 14.5. The van der Waals surface area contributed by atoms with Crippen molar-refractivity contribution in [1.29, 1.82) is 0 Å². The molecule has 0 N–H and O–H groups in total. The average molecular weight is 350 g/mol. The highest BCUT2D eigenvalue weighted by atomic mass is 35.5. The van der Waals surface area contributed by atoms with Crippen LogP contribution in [0.1, 0.15) is 16.8 Å². The number of anilines is 1. The van der Waals surface area contributed by atoms with Gasteiger partial charge in [-0.1, -0.05) is 29.8 Å². The van der Waals surface area contributed by atoms with Crippen molar-refractivity contribution in [3.05, 3.63) is 65.2 Å². The van der Waals surface area contributed by atoms with Crippen LogP contribution in [0.5, 0.6) is 0 Å². The second-order valence-electron chi connectivity index (χ2n) is 5.57. The Morgan fingerprint density at radius 3 is 2.26 bits per heavy atom. The fourth-order valence-electron chi connectivity index (χ4n) is 2.79. The predicted octanol–water partition coefficient (Wildman–Crippen LogP) is 3.17. The van der Waals surface area contributed by atoms with E-state index in [2.05, 4.69) is 0 Å². The first-order chi connectivity index (χ1) is 11.0. The number of benzene rings is 2. The van der Waals surface area contributed by atoms with Gasteiger partial charge in [-0.3, -0.25) is 4.79 Å². The lowest BCUT2D eigenvalue weighted by Crippen LogP contribution is -2.41. The van der Waals surface area contributed by atoms with Gasteiger partial charge in [-0.15, -0.1) is 0 Å². The molecule has 1 amide bonds. The summed E-state index contributed by atoms with van der Waals surface area (Å²) in [5, 5.41) is 0.569. The fourth-order valence-corrected chi connectivity index (χ4v) is 4.62. The Hall–Kier alpha value is -1.85. The van der Waals surface area contributed by atoms with Gasteiger partial charge in [-0.25, -0.2) is 8.42 Å². The molecule has 4 nitrogen and oxygen atoms in total. The van der Waals surface area contributed by atoms with Gasteiger partial charge in [0.05, 0.1) is 17.5 Å². The van der Waals surface area contributed by atoms with E-state index >= 15 is 0 Å². The van der Waals surface area contributed by atoms with Gasteiger partial charge in [0, 0.05) is 16.3 Å². The number of carbonyl (C=O) groups excluding carboxylic acids is 1. The van der Waals surface area contributed by atoms with Crippen LogP contribution in [0, 0.1) is 0 Å². The molecule has 1 aliphatic rings. The van der Waals surface area contributed by atoms with Crippen LogP contribution in [-0.4, -0.2) is 31.9 Å². The molecule has 120 valence electrons. The molecular formula is C17H16ClNO3S. The predicted molar refractivity (Wildman–Crippen MR) is 91.8 cm³/mol. The van der Waals surface area contributed by atoms with Crippen LogP contribution in [0.2, 0.25) is 5.02 Å². The van der Waals surface area contributed by atoms with Gasteiger partial charge in [0.15, 0.2) is 9.84 Å². The summed E-state index contributed by atoms with van der Waals surface area (Å²) < 4.78 is 23.7. The van der Waals surface area contributed by atoms with Crippen molar-refractivity contribution in [2.75, 3.05) is 16.4 Å². The highest BCUT2D eigenvalue weighted by molar-refractivity contribution is 7.91. The molecule has 1 heterocycles. The molecule has 0 aromatic heterocycles. The second-order valence-corrected chi connectivity index (χ2v) is 8.24. The van der Waals surface area contributed by atoms with E-state index < -0.39 is 9.84 Å². The second kappa shape index (κ2) is 6.34. The molecule has 2 aromatic rings. The monoisotopic (exact) mass is 349 g/mol. The summed E-state index contributed by atoms with van der Waals surface area (Å²) in [5.41, 5.74) is 1.19. The number of sulfone groups is 1. The molecular weight excluding hydrogens is 334 g/mol. The Balaban J connectivity index is 2.00. The third kappa shape index (κ3) is 3.57. The zero-order valence-electron chi connectivity index (χ0n) is 12.4. The van der Waals surface area contributed by atoms with Crippen molar-refractivity contribution >= 4 is 33.0 Å². The molecule has 0 saturated carbocycles. The Morgan fingerprint density at radius 1 is 1.04 bits per heavy atom. The van der Waals surface area contributed by atoms with Crippen LogP contribution in [0.15, 0.2) is 54.6 Å². The highest BCUT2D eigenvalue weighted by Gasteiger charge is 2.35.